The molecule has 2 amide bonds. The molecule has 26 heavy (non-hydrogen) atoms. The van der Waals surface area contributed by atoms with Crippen molar-refractivity contribution in [2.75, 3.05) is 57.8 Å². The smallest absolute Gasteiger partial charge is 0.319 e. The van der Waals surface area contributed by atoms with Gasteiger partial charge < -0.3 is 15.4 Å². The minimum absolute atomic E-state index is 0.108. The summed E-state index contributed by atoms with van der Waals surface area (Å²) in [5, 5.41) is 5.96. The lowest BCUT2D eigenvalue weighted by Crippen LogP contribution is -2.59. The fraction of sp³-hybridized carbons (Fsp3) is 0.650. The molecule has 2 bridgehead atoms. The van der Waals surface area contributed by atoms with E-state index in [2.05, 4.69) is 20.4 Å². The van der Waals surface area contributed by atoms with E-state index in [1.54, 1.807) is 0 Å². The summed E-state index contributed by atoms with van der Waals surface area (Å²) in [6.07, 6.45) is 2.52. The Morgan fingerprint density at radius 3 is 2.69 bits per heavy atom. The number of anilines is 1. The molecule has 5 rings (SSSR count). The number of carbonyl (C=O) groups excluding carboxylic acids is 1. The second-order valence-corrected chi connectivity index (χ2v) is 7.81. The number of benzene rings is 1. The van der Waals surface area contributed by atoms with E-state index < -0.39 is 0 Å². The molecule has 4 aliphatic heterocycles. The zero-order valence-corrected chi connectivity index (χ0v) is 15.4. The number of hydrogen-bond donors (Lipinski definition) is 2. The fourth-order valence-corrected chi connectivity index (χ4v) is 4.69. The Hall–Kier alpha value is -1.63. The van der Waals surface area contributed by atoms with E-state index in [0.717, 1.165) is 50.4 Å². The van der Waals surface area contributed by atoms with Crippen molar-refractivity contribution >= 4 is 11.7 Å². The zero-order valence-electron chi connectivity index (χ0n) is 15.4. The van der Waals surface area contributed by atoms with Crippen molar-refractivity contribution in [2.24, 2.45) is 11.8 Å². The molecule has 4 saturated heterocycles. The Morgan fingerprint density at radius 2 is 1.96 bits per heavy atom. The van der Waals surface area contributed by atoms with Crippen LogP contribution in [0.15, 0.2) is 30.3 Å². The van der Waals surface area contributed by atoms with Crippen LogP contribution in [-0.4, -0.2) is 74.4 Å². The van der Waals surface area contributed by atoms with Gasteiger partial charge in [0.25, 0.3) is 0 Å². The number of nitrogens with zero attached hydrogens (tertiary/aromatic N) is 2. The van der Waals surface area contributed by atoms with Gasteiger partial charge in [-0.25, -0.2) is 4.79 Å². The quantitative estimate of drug-likeness (QED) is 0.843. The molecule has 4 fully saturated rings. The number of ether oxygens (including phenoxy) is 1. The van der Waals surface area contributed by atoms with Gasteiger partial charge in [-0.1, -0.05) is 18.2 Å². The molecule has 6 heteroatoms. The van der Waals surface area contributed by atoms with Gasteiger partial charge in [-0.2, -0.15) is 0 Å². The molecular weight excluding hydrogens is 328 g/mol. The molecule has 1 aromatic rings. The van der Waals surface area contributed by atoms with Crippen LogP contribution in [0.25, 0.3) is 0 Å². The second-order valence-electron chi connectivity index (χ2n) is 7.81. The topological polar surface area (TPSA) is 56.8 Å². The van der Waals surface area contributed by atoms with Crippen molar-refractivity contribution in [1.82, 2.24) is 15.1 Å². The maximum absolute atomic E-state index is 12.1. The van der Waals surface area contributed by atoms with Crippen molar-refractivity contribution in [3.05, 3.63) is 30.3 Å². The molecule has 6 nitrogen and oxygen atoms in total. The third-order valence-electron chi connectivity index (χ3n) is 6.14. The minimum Gasteiger partial charge on any atom is -0.379 e. The van der Waals surface area contributed by atoms with Crippen molar-refractivity contribution in [3.8, 4) is 0 Å². The lowest BCUT2D eigenvalue weighted by molar-refractivity contribution is -0.0289. The highest BCUT2D eigenvalue weighted by atomic mass is 16.5. The van der Waals surface area contributed by atoms with Gasteiger partial charge in [-0.15, -0.1) is 0 Å². The Kier molecular flexibility index (Phi) is 5.72. The van der Waals surface area contributed by atoms with Crippen molar-refractivity contribution in [1.29, 1.82) is 0 Å². The highest BCUT2D eigenvalue weighted by Gasteiger charge is 2.40. The number of morpholine rings is 1. The van der Waals surface area contributed by atoms with Gasteiger partial charge in [-0.05, 0) is 43.4 Å². The number of hydrogen-bond acceptors (Lipinski definition) is 4. The standard InChI is InChI=1S/C20H30N4O2/c25-20(22-18-4-2-1-3-5-18)21-13-19-12-16-6-7-24(19)15-17(16)14-23-8-10-26-11-9-23/h1-5,16-17,19H,6-15H2,(H2,21,22,25)/t16-,17+,19+/m1/s1. The second kappa shape index (κ2) is 8.37. The van der Waals surface area contributed by atoms with Gasteiger partial charge in [0.15, 0.2) is 0 Å². The summed E-state index contributed by atoms with van der Waals surface area (Å²) in [6, 6.07) is 9.98. The first-order valence-corrected chi connectivity index (χ1v) is 9.92. The van der Waals surface area contributed by atoms with E-state index in [1.807, 2.05) is 30.3 Å². The van der Waals surface area contributed by atoms with Gasteiger partial charge in [0, 0.05) is 44.5 Å². The third-order valence-corrected chi connectivity index (χ3v) is 6.14. The highest BCUT2D eigenvalue weighted by Crippen LogP contribution is 2.36. The Balaban J connectivity index is 1.23. The van der Waals surface area contributed by atoms with Crippen LogP contribution in [0.1, 0.15) is 12.8 Å². The van der Waals surface area contributed by atoms with Gasteiger partial charge in [-0.3, -0.25) is 9.80 Å². The summed E-state index contributed by atoms with van der Waals surface area (Å²) >= 11 is 0. The van der Waals surface area contributed by atoms with Gasteiger partial charge >= 0.3 is 6.03 Å². The van der Waals surface area contributed by atoms with Crippen LogP contribution < -0.4 is 10.6 Å². The number of amides is 2. The van der Waals surface area contributed by atoms with Gasteiger partial charge in [0.1, 0.15) is 0 Å². The van der Waals surface area contributed by atoms with Crippen molar-refractivity contribution in [2.45, 2.75) is 18.9 Å². The Bertz CT molecular complexity index is 591. The normalized spacial score (nSPS) is 31.5. The number of piperidine rings is 3. The van der Waals surface area contributed by atoms with E-state index in [4.69, 9.17) is 4.74 Å². The molecule has 0 aliphatic carbocycles. The summed E-state index contributed by atoms with van der Waals surface area (Å²) in [6.45, 7) is 8.21. The fourth-order valence-electron chi connectivity index (χ4n) is 4.69. The summed E-state index contributed by atoms with van der Waals surface area (Å²) in [5.41, 5.74) is 0.834. The predicted molar refractivity (Wildman–Crippen MR) is 102 cm³/mol. The highest BCUT2D eigenvalue weighted by molar-refractivity contribution is 5.89. The van der Waals surface area contributed by atoms with E-state index in [0.29, 0.717) is 6.04 Å². The Morgan fingerprint density at radius 1 is 1.15 bits per heavy atom. The molecule has 142 valence electrons. The summed E-state index contributed by atoms with van der Waals surface area (Å²) in [7, 11) is 0. The van der Waals surface area contributed by atoms with Crippen LogP contribution in [0, 0.1) is 11.8 Å². The van der Waals surface area contributed by atoms with E-state index in [9.17, 15) is 4.79 Å². The van der Waals surface area contributed by atoms with Crippen LogP contribution in [0.2, 0.25) is 0 Å². The largest absolute Gasteiger partial charge is 0.379 e. The van der Waals surface area contributed by atoms with Gasteiger partial charge in [0.2, 0.25) is 0 Å². The average molecular weight is 358 g/mol. The number of urea groups is 1. The van der Waals surface area contributed by atoms with E-state index in [-0.39, 0.29) is 6.03 Å². The molecule has 4 aliphatic rings. The van der Waals surface area contributed by atoms with Gasteiger partial charge in [0.05, 0.1) is 13.2 Å². The monoisotopic (exact) mass is 358 g/mol. The average Bonchev–Trinajstić information content (AvgIpc) is 2.69. The van der Waals surface area contributed by atoms with E-state index in [1.165, 1.54) is 32.5 Å². The number of carbonyl (C=O) groups is 1. The lowest BCUT2D eigenvalue weighted by atomic mass is 9.75. The summed E-state index contributed by atoms with van der Waals surface area (Å²) in [4.78, 5) is 17.3. The molecule has 0 radical (unpaired) electrons. The molecule has 2 N–H and O–H groups in total. The third kappa shape index (κ3) is 4.37. The number of fused-ring (bicyclic) bond motifs is 3. The zero-order chi connectivity index (χ0) is 17.8. The molecule has 0 aromatic heterocycles. The van der Waals surface area contributed by atoms with Crippen molar-refractivity contribution < 1.29 is 9.53 Å². The first kappa shape index (κ1) is 17.8. The first-order valence-electron chi connectivity index (χ1n) is 9.92. The molecule has 0 saturated carbocycles. The number of nitrogens with one attached hydrogen (secondary N) is 2. The lowest BCUT2D eigenvalue weighted by Gasteiger charge is -2.51. The molecule has 4 heterocycles. The summed E-state index contributed by atoms with van der Waals surface area (Å²) < 4.78 is 5.47. The van der Waals surface area contributed by atoms with Crippen LogP contribution in [0.5, 0.6) is 0 Å². The summed E-state index contributed by atoms with van der Waals surface area (Å²) in [5.74, 6) is 1.57. The molecule has 0 spiro atoms. The SMILES string of the molecule is O=C(NC[C@@H]1C[C@H]2CCN1C[C@@H]2CN1CCOCC1)Nc1ccccc1. The maximum atomic E-state index is 12.1. The molecular formula is C20H30N4O2. The maximum Gasteiger partial charge on any atom is 0.319 e. The van der Waals surface area contributed by atoms with E-state index >= 15 is 0 Å². The van der Waals surface area contributed by atoms with Crippen molar-refractivity contribution in [3.63, 3.8) is 0 Å². The van der Waals surface area contributed by atoms with Crippen LogP contribution in [0.3, 0.4) is 0 Å². The molecule has 1 unspecified atom stereocenters. The van der Waals surface area contributed by atoms with Crippen LogP contribution in [-0.2, 0) is 4.74 Å². The number of rotatable bonds is 5. The first-order chi connectivity index (χ1) is 12.8. The Labute approximate surface area is 155 Å². The number of para-hydroxylation sites is 1. The molecule has 4 atom stereocenters. The predicted octanol–water partition coefficient (Wildman–Crippen LogP) is 1.85. The van der Waals surface area contributed by atoms with Crippen LogP contribution >= 0.6 is 0 Å². The van der Waals surface area contributed by atoms with Crippen LogP contribution in [0.4, 0.5) is 10.5 Å². The minimum atomic E-state index is -0.108. The molecule has 1 aromatic carbocycles.